The molecule has 0 fully saturated rings. The third-order valence-electron chi connectivity index (χ3n) is 3.22. The zero-order valence-corrected chi connectivity index (χ0v) is 12.3. The van der Waals surface area contributed by atoms with Gasteiger partial charge in [-0.3, -0.25) is 0 Å². The van der Waals surface area contributed by atoms with Crippen LogP contribution in [0.25, 0.3) is 11.6 Å². The number of nitrogens with zero attached hydrogens (tertiary/aromatic N) is 2. The minimum Gasteiger partial charge on any atom is -0.461 e. The van der Waals surface area contributed by atoms with Crippen LogP contribution in [0.15, 0.2) is 51.6 Å². The lowest BCUT2D eigenvalue weighted by atomic mass is 10.1. The van der Waals surface area contributed by atoms with Crippen molar-refractivity contribution in [2.45, 2.75) is 19.7 Å². The average molecular weight is 299 g/mol. The highest BCUT2D eigenvalue weighted by Gasteiger charge is 2.10. The van der Waals surface area contributed by atoms with Crippen molar-refractivity contribution >= 4 is 0 Å². The lowest BCUT2D eigenvalue weighted by Crippen LogP contribution is -2.14. The van der Waals surface area contributed by atoms with Crippen molar-refractivity contribution < 1.29 is 13.7 Å². The van der Waals surface area contributed by atoms with Crippen LogP contribution in [0.1, 0.15) is 17.0 Å². The van der Waals surface area contributed by atoms with Crippen molar-refractivity contribution in [1.82, 2.24) is 15.5 Å². The molecule has 0 aliphatic rings. The standard InChI is InChI=1S/C16H17N3O3/c1-20-11-13-6-3-2-5-12(13)9-17-10-15-18-16(19-22-15)14-7-4-8-21-14/h2-8,17H,9-11H2,1H3. The normalized spacial score (nSPS) is 11.0. The van der Waals surface area contributed by atoms with Crippen LogP contribution >= 0.6 is 0 Å². The van der Waals surface area contributed by atoms with Gasteiger partial charge in [0.25, 0.3) is 0 Å². The Hall–Kier alpha value is -2.44. The molecule has 0 unspecified atom stereocenters. The maximum atomic E-state index is 5.23. The highest BCUT2D eigenvalue weighted by atomic mass is 16.5. The van der Waals surface area contributed by atoms with Gasteiger partial charge < -0.3 is 19.0 Å². The quantitative estimate of drug-likeness (QED) is 0.723. The molecule has 0 atom stereocenters. The van der Waals surface area contributed by atoms with Gasteiger partial charge >= 0.3 is 0 Å². The van der Waals surface area contributed by atoms with Crippen LogP contribution in [-0.4, -0.2) is 17.3 Å². The molecule has 3 aromatic rings. The molecule has 0 amide bonds. The average Bonchev–Trinajstić information content (AvgIpc) is 3.20. The number of furan rings is 1. The summed E-state index contributed by atoms with van der Waals surface area (Å²) in [6, 6.07) is 11.7. The summed E-state index contributed by atoms with van der Waals surface area (Å²) in [5.41, 5.74) is 2.36. The first-order chi connectivity index (χ1) is 10.9. The van der Waals surface area contributed by atoms with Gasteiger partial charge in [-0.25, -0.2) is 0 Å². The van der Waals surface area contributed by atoms with Gasteiger partial charge in [-0.1, -0.05) is 29.4 Å². The van der Waals surface area contributed by atoms with Crippen LogP contribution in [-0.2, 0) is 24.4 Å². The number of nitrogens with one attached hydrogen (secondary N) is 1. The summed E-state index contributed by atoms with van der Waals surface area (Å²) in [6.07, 6.45) is 1.58. The molecule has 0 aliphatic carbocycles. The molecule has 0 spiro atoms. The third-order valence-corrected chi connectivity index (χ3v) is 3.22. The Kier molecular flexibility index (Phi) is 4.62. The van der Waals surface area contributed by atoms with E-state index in [2.05, 4.69) is 27.6 Å². The summed E-state index contributed by atoms with van der Waals surface area (Å²) in [5, 5.41) is 7.18. The molecule has 1 aromatic carbocycles. The number of ether oxygens (including phenoxy) is 1. The molecule has 2 heterocycles. The van der Waals surface area contributed by atoms with E-state index in [1.165, 1.54) is 11.1 Å². The van der Waals surface area contributed by atoms with Gasteiger partial charge in [-0.15, -0.1) is 0 Å². The van der Waals surface area contributed by atoms with Crippen molar-refractivity contribution in [2.24, 2.45) is 0 Å². The summed E-state index contributed by atoms with van der Waals surface area (Å²) >= 11 is 0. The van der Waals surface area contributed by atoms with Crippen molar-refractivity contribution in [3.05, 3.63) is 59.7 Å². The topological polar surface area (TPSA) is 73.3 Å². The predicted octanol–water partition coefficient (Wildman–Crippen LogP) is 2.77. The molecule has 2 aromatic heterocycles. The summed E-state index contributed by atoms with van der Waals surface area (Å²) in [6.45, 7) is 1.80. The second kappa shape index (κ2) is 7.02. The Morgan fingerprint density at radius 3 is 2.73 bits per heavy atom. The molecule has 0 radical (unpaired) electrons. The number of methoxy groups -OCH3 is 1. The summed E-state index contributed by atoms with van der Waals surface area (Å²) in [5.74, 6) is 1.58. The summed E-state index contributed by atoms with van der Waals surface area (Å²) in [7, 11) is 1.69. The number of aromatic nitrogens is 2. The molecule has 0 saturated carbocycles. The zero-order valence-electron chi connectivity index (χ0n) is 12.3. The number of benzene rings is 1. The van der Waals surface area contributed by atoms with Crippen LogP contribution < -0.4 is 5.32 Å². The third kappa shape index (κ3) is 3.41. The number of rotatable bonds is 7. The molecule has 6 nitrogen and oxygen atoms in total. The Bertz CT molecular complexity index is 707. The molecule has 1 N–H and O–H groups in total. The van der Waals surface area contributed by atoms with E-state index in [-0.39, 0.29) is 0 Å². The maximum absolute atomic E-state index is 5.23. The molecular formula is C16H17N3O3. The van der Waals surface area contributed by atoms with Crippen LogP contribution in [0.3, 0.4) is 0 Å². The molecule has 0 bridgehead atoms. The van der Waals surface area contributed by atoms with Gasteiger partial charge in [0.1, 0.15) is 0 Å². The van der Waals surface area contributed by atoms with E-state index in [0.717, 1.165) is 0 Å². The fourth-order valence-corrected chi connectivity index (χ4v) is 2.16. The first kappa shape index (κ1) is 14.5. The van der Waals surface area contributed by atoms with Gasteiger partial charge in [0.15, 0.2) is 5.76 Å². The maximum Gasteiger partial charge on any atom is 0.241 e. The second-order valence-corrected chi connectivity index (χ2v) is 4.79. The molecular weight excluding hydrogens is 282 g/mol. The second-order valence-electron chi connectivity index (χ2n) is 4.79. The van der Waals surface area contributed by atoms with Crippen molar-refractivity contribution in [1.29, 1.82) is 0 Å². The Morgan fingerprint density at radius 2 is 1.95 bits per heavy atom. The first-order valence-corrected chi connectivity index (χ1v) is 6.99. The van der Waals surface area contributed by atoms with Gasteiger partial charge in [0, 0.05) is 13.7 Å². The minimum atomic E-state index is 0.460. The van der Waals surface area contributed by atoms with Crippen LogP contribution in [0.2, 0.25) is 0 Å². The van der Waals surface area contributed by atoms with Gasteiger partial charge in [0.05, 0.1) is 19.4 Å². The molecule has 3 rings (SSSR count). The van der Waals surface area contributed by atoms with E-state index in [1.54, 1.807) is 25.5 Å². The van der Waals surface area contributed by atoms with Crippen LogP contribution in [0.4, 0.5) is 0 Å². The molecule has 0 aliphatic heterocycles. The van der Waals surface area contributed by atoms with E-state index < -0.39 is 0 Å². The Labute approximate surface area is 128 Å². The lowest BCUT2D eigenvalue weighted by Gasteiger charge is -2.08. The van der Waals surface area contributed by atoms with Crippen LogP contribution in [0.5, 0.6) is 0 Å². The van der Waals surface area contributed by atoms with Gasteiger partial charge in [0.2, 0.25) is 11.7 Å². The van der Waals surface area contributed by atoms with E-state index >= 15 is 0 Å². The number of hydrogen-bond donors (Lipinski definition) is 1. The molecule has 0 saturated heterocycles. The van der Waals surface area contributed by atoms with Gasteiger partial charge in [-0.05, 0) is 23.3 Å². The van der Waals surface area contributed by atoms with E-state index in [0.29, 0.717) is 37.2 Å². The van der Waals surface area contributed by atoms with Crippen molar-refractivity contribution in [3.8, 4) is 11.6 Å². The zero-order chi connectivity index (χ0) is 15.2. The minimum absolute atomic E-state index is 0.460. The number of hydrogen-bond acceptors (Lipinski definition) is 6. The van der Waals surface area contributed by atoms with E-state index in [4.69, 9.17) is 13.7 Å². The molecule has 22 heavy (non-hydrogen) atoms. The predicted molar refractivity (Wildman–Crippen MR) is 79.7 cm³/mol. The van der Waals surface area contributed by atoms with Crippen LogP contribution in [0, 0.1) is 0 Å². The SMILES string of the molecule is COCc1ccccc1CNCc1nc(-c2ccco2)no1. The highest BCUT2D eigenvalue weighted by Crippen LogP contribution is 2.15. The molecule has 6 heteroatoms. The first-order valence-electron chi connectivity index (χ1n) is 6.99. The van der Waals surface area contributed by atoms with E-state index in [1.807, 2.05) is 12.1 Å². The summed E-state index contributed by atoms with van der Waals surface area (Å²) < 4.78 is 15.6. The largest absolute Gasteiger partial charge is 0.461 e. The summed E-state index contributed by atoms with van der Waals surface area (Å²) in [4.78, 5) is 4.28. The van der Waals surface area contributed by atoms with E-state index in [9.17, 15) is 0 Å². The lowest BCUT2D eigenvalue weighted by molar-refractivity contribution is 0.184. The smallest absolute Gasteiger partial charge is 0.241 e. The molecule has 114 valence electrons. The Morgan fingerprint density at radius 1 is 1.09 bits per heavy atom. The van der Waals surface area contributed by atoms with Gasteiger partial charge in [-0.2, -0.15) is 4.98 Å². The monoisotopic (exact) mass is 299 g/mol. The highest BCUT2D eigenvalue weighted by molar-refractivity contribution is 5.44. The van der Waals surface area contributed by atoms with Crippen molar-refractivity contribution in [3.63, 3.8) is 0 Å². The fraction of sp³-hybridized carbons (Fsp3) is 0.250. The fourth-order valence-electron chi connectivity index (χ4n) is 2.16. The van der Waals surface area contributed by atoms with Crippen molar-refractivity contribution in [2.75, 3.05) is 7.11 Å². The Balaban J connectivity index is 1.57.